The number of pyridine rings is 1. The van der Waals surface area contributed by atoms with Gasteiger partial charge in [0.25, 0.3) is 5.91 Å². The van der Waals surface area contributed by atoms with Gasteiger partial charge in [-0.25, -0.2) is 4.98 Å². The van der Waals surface area contributed by atoms with Crippen LogP contribution in [0.15, 0.2) is 12.1 Å². The van der Waals surface area contributed by atoms with Gasteiger partial charge in [0.1, 0.15) is 11.5 Å². The minimum Gasteiger partial charge on any atom is -0.381 e. The number of aromatic nitrogens is 1. The van der Waals surface area contributed by atoms with Gasteiger partial charge in [0.2, 0.25) is 0 Å². The van der Waals surface area contributed by atoms with E-state index in [1.54, 1.807) is 19.2 Å². The predicted molar refractivity (Wildman–Crippen MR) is 70.1 cm³/mol. The standard InChI is InChI=1S/C12H16ClN3O2/c1-14-10-3-2-9(13)11(16-10)12(17)15-8-4-6-18-7-5-8/h2-3,8H,4-7H2,1H3,(H,14,16)(H,15,17). The van der Waals surface area contributed by atoms with E-state index in [9.17, 15) is 4.79 Å². The van der Waals surface area contributed by atoms with E-state index in [1.165, 1.54) is 0 Å². The first-order valence-corrected chi connectivity index (χ1v) is 6.31. The summed E-state index contributed by atoms with van der Waals surface area (Å²) in [6.07, 6.45) is 1.66. The molecule has 0 aliphatic carbocycles. The number of halogens is 1. The molecule has 98 valence electrons. The Balaban J connectivity index is 2.07. The van der Waals surface area contributed by atoms with Crippen LogP contribution in [0, 0.1) is 0 Å². The molecule has 1 aliphatic heterocycles. The number of nitrogens with one attached hydrogen (secondary N) is 2. The lowest BCUT2D eigenvalue weighted by Crippen LogP contribution is -2.39. The third-order valence-electron chi connectivity index (χ3n) is 2.87. The number of rotatable bonds is 3. The lowest BCUT2D eigenvalue weighted by Gasteiger charge is -2.23. The molecule has 1 aromatic heterocycles. The largest absolute Gasteiger partial charge is 0.381 e. The zero-order chi connectivity index (χ0) is 13.0. The van der Waals surface area contributed by atoms with Crippen molar-refractivity contribution in [3.8, 4) is 0 Å². The molecule has 0 aromatic carbocycles. The quantitative estimate of drug-likeness (QED) is 0.876. The Bertz CT molecular complexity index is 433. The lowest BCUT2D eigenvalue weighted by atomic mass is 10.1. The van der Waals surface area contributed by atoms with Gasteiger partial charge < -0.3 is 15.4 Å². The van der Waals surface area contributed by atoms with E-state index in [2.05, 4.69) is 15.6 Å². The van der Waals surface area contributed by atoms with Crippen LogP contribution < -0.4 is 10.6 Å². The van der Waals surface area contributed by atoms with Gasteiger partial charge in [0, 0.05) is 26.3 Å². The second-order valence-corrected chi connectivity index (χ2v) is 4.54. The van der Waals surface area contributed by atoms with Crippen molar-refractivity contribution in [3.63, 3.8) is 0 Å². The molecule has 0 bridgehead atoms. The summed E-state index contributed by atoms with van der Waals surface area (Å²) in [7, 11) is 1.75. The molecule has 0 saturated carbocycles. The average molecular weight is 270 g/mol. The van der Waals surface area contributed by atoms with Crippen LogP contribution in [0.3, 0.4) is 0 Å². The van der Waals surface area contributed by atoms with Gasteiger partial charge in [-0.05, 0) is 25.0 Å². The lowest BCUT2D eigenvalue weighted by molar-refractivity contribution is 0.0694. The summed E-state index contributed by atoms with van der Waals surface area (Å²) >= 11 is 5.99. The molecule has 1 aliphatic rings. The zero-order valence-electron chi connectivity index (χ0n) is 10.2. The van der Waals surface area contributed by atoms with Crippen molar-refractivity contribution in [2.75, 3.05) is 25.6 Å². The second-order valence-electron chi connectivity index (χ2n) is 4.14. The van der Waals surface area contributed by atoms with Crippen molar-refractivity contribution in [1.29, 1.82) is 0 Å². The Morgan fingerprint density at radius 3 is 2.83 bits per heavy atom. The number of anilines is 1. The van der Waals surface area contributed by atoms with Gasteiger partial charge in [0.05, 0.1) is 5.02 Å². The Labute approximate surface area is 111 Å². The van der Waals surface area contributed by atoms with E-state index in [0.29, 0.717) is 24.1 Å². The van der Waals surface area contributed by atoms with E-state index in [-0.39, 0.29) is 17.6 Å². The molecule has 0 atom stereocenters. The predicted octanol–water partition coefficient (Wildman–Crippen LogP) is 1.69. The normalized spacial score (nSPS) is 16.3. The van der Waals surface area contributed by atoms with Gasteiger partial charge in [0.15, 0.2) is 0 Å². The number of ether oxygens (including phenoxy) is 1. The van der Waals surface area contributed by atoms with E-state index in [1.807, 2.05) is 0 Å². The smallest absolute Gasteiger partial charge is 0.271 e. The van der Waals surface area contributed by atoms with Gasteiger partial charge in [-0.2, -0.15) is 0 Å². The SMILES string of the molecule is CNc1ccc(Cl)c(C(=O)NC2CCOCC2)n1. The summed E-state index contributed by atoms with van der Waals surface area (Å²) in [6.45, 7) is 1.37. The first kappa shape index (κ1) is 13.1. The summed E-state index contributed by atoms with van der Waals surface area (Å²) in [4.78, 5) is 16.2. The summed E-state index contributed by atoms with van der Waals surface area (Å²) in [5.41, 5.74) is 0.259. The topological polar surface area (TPSA) is 63.2 Å². The molecule has 1 aromatic rings. The van der Waals surface area contributed by atoms with Gasteiger partial charge in [-0.15, -0.1) is 0 Å². The van der Waals surface area contributed by atoms with E-state index in [0.717, 1.165) is 12.8 Å². The number of hydrogen-bond acceptors (Lipinski definition) is 4. The summed E-state index contributed by atoms with van der Waals surface area (Å²) < 4.78 is 5.24. The molecule has 5 nitrogen and oxygen atoms in total. The second kappa shape index (κ2) is 6.02. The van der Waals surface area contributed by atoms with Crippen molar-refractivity contribution in [2.24, 2.45) is 0 Å². The van der Waals surface area contributed by atoms with Gasteiger partial charge in [-0.3, -0.25) is 4.79 Å². The molecular weight excluding hydrogens is 254 g/mol. The van der Waals surface area contributed by atoms with E-state index >= 15 is 0 Å². The number of carbonyl (C=O) groups is 1. The minimum atomic E-state index is -0.232. The summed E-state index contributed by atoms with van der Waals surface area (Å²) in [6, 6.07) is 3.54. The Hall–Kier alpha value is -1.33. The summed E-state index contributed by atoms with van der Waals surface area (Å²) in [5, 5.41) is 6.18. The first-order chi connectivity index (χ1) is 8.70. The maximum Gasteiger partial charge on any atom is 0.271 e. The molecule has 0 unspecified atom stereocenters. The average Bonchev–Trinajstić information content (AvgIpc) is 2.40. The highest BCUT2D eigenvalue weighted by Gasteiger charge is 2.19. The van der Waals surface area contributed by atoms with Crippen LogP contribution in [0.2, 0.25) is 5.02 Å². The minimum absolute atomic E-state index is 0.141. The molecule has 0 radical (unpaired) electrons. The molecule has 18 heavy (non-hydrogen) atoms. The van der Waals surface area contributed by atoms with Crippen molar-refractivity contribution in [3.05, 3.63) is 22.8 Å². The Kier molecular flexibility index (Phi) is 4.38. The molecular formula is C12H16ClN3O2. The number of nitrogens with zero attached hydrogens (tertiary/aromatic N) is 1. The van der Waals surface area contributed by atoms with Gasteiger partial charge >= 0.3 is 0 Å². The van der Waals surface area contributed by atoms with Crippen LogP contribution in [0.4, 0.5) is 5.82 Å². The highest BCUT2D eigenvalue weighted by Crippen LogP contribution is 2.17. The van der Waals surface area contributed by atoms with Crippen molar-refractivity contribution in [2.45, 2.75) is 18.9 Å². The monoisotopic (exact) mass is 269 g/mol. The summed E-state index contributed by atoms with van der Waals surface area (Å²) in [5.74, 6) is 0.389. The Morgan fingerprint density at radius 2 is 2.17 bits per heavy atom. The molecule has 1 amide bonds. The fraction of sp³-hybridized carbons (Fsp3) is 0.500. The van der Waals surface area contributed by atoms with Crippen LogP contribution in [-0.4, -0.2) is 37.2 Å². The van der Waals surface area contributed by atoms with E-state index in [4.69, 9.17) is 16.3 Å². The maximum atomic E-state index is 12.1. The van der Waals surface area contributed by atoms with Crippen LogP contribution in [0.25, 0.3) is 0 Å². The fourth-order valence-electron chi connectivity index (χ4n) is 1.84. The first-order valence-electron chi connectivity index (χ1n) is 5.93. The molecule has 2 N–H and O–H groups in total. The Morgan fingerprint density at radius 1 is 1.44 bits per heavy atom. The van der Waals surface area contributed by atoms with Crippen LogP contribution in [0.1, 0.15) is 23.3 Å². The molecule has 2 heterocycles. The van der Waals surface area contributed by atoms with Crippen LogP contribution in [0.5, 0.6) is 0 Å². The van der Waals surface area contributed by atoms with Crippen molar-refractivity contribution in [1.82, 2.24) is 10.3 Å². The highest BCUT2D eigenvalue weighted by molar-refractivity contribution is 6.33. The van der Waals surface area contributed by atoms with Crippen molar-refractivity contribution >= 4 is 23.3 Å². The fourth-order valence-corrected chi connectivity index (χ4v) is 2.03. The van der Waals surface area contributed by atoms with Crippen LogP contribution >= 0.6 is 11.6 Å². The third-order valence-corrected chi connectivity index (χ3v) is 3.18. The van der Waals surface area contributed by atoms with Crippen LogP contribution in [-0.2, 0) is 4.74 Å². The molecule has 1 saturated heterocycles. The molecule has 0 spiro atoms. The number of carbonyl (C=O) groups excluding carboxylic acids is 1. The number of hydrogen-bond donors (Lipinski definition) is 2. The molecule has 1 fully saturated rings. The zero-order valence-corrected chi connectivity index (χ0v) is 11.0. The van der Waals surface area contributed by atoms with E-state index < -0.39 is 0 Å². The van der Waals surface area contributed by atoms with Gasteiger partial charge in [-0.1, -0.05) is 11.6 Å². The maximum absolute atomic E-state index is 12.1. The molecule has 2 rings (SSSR count). The number of amides is 1. The third kappa shape index (κ3) is 3.11. The molecule has 6 heteroatoms. The van der Waals surface area contributed by atoms with Crippen molar-refractivity contribution < 1.29 is 9.53 Å². The highest BCUT2D eigenvalue weighted by atomic mass is 35.5.